The number of ether oxygens (including phenoxy) is 1. The maximum absolute atomic E-state index is 14.0. The first kappa shape index (κ1) is 27.2. The molecular weight excluding hydrogens is 480 g/mol. The number of nitrogens with one attached hydrogen (secondary N) is 1. The van der Waals surface area contributed by atoms with Gasteiger partial charge in [-0.2, -0.15) is 0 Å². The molecule has 1 aliphatic heterocycles. The monoisotopic (exact) mass is 516 g/mol. The van der Waals surface area contributed by atoms with Crippen molar-refractivity contribution in [2.45, 2.75) is 84.3 Å². The van der Waals surface area contributed by atoms with Crippen LogP contribution in [-0.2, 0) is 11.2 Å². The molecule has 1 N–H and O–H groups in total. The first-order valence-electron chi connectivity index (χ1n) is 13.1. The largest absolute Gasteiger partial charge is 0.443 e. The van der Waals surface area contributed by atoms with E-state index in [0.29, 0.717) is 58.7 Å². The molecule has 0 saturated heterocycles. The SMILES string of the molecule is C=CC=Nc1c(Nc2cc(C)c3c(cc2=O)CC2(CCCCC2)N(C(=O)OC(C)(C)C)C3=O)ccnc1C. The van der Waals surface area contributed by atoms with Gasteiger partial charge in [-0.3, -0.25) is 19.6 Å². The van der Waals surface area contributed by atoms with E-state index in [-0.39, 0.29) is 5.43 Å². The third-order valence-corrected chi connectivity index (χ3v) is 7.10. The Morgan fingerprint density at radius 2 is 1.87 bits per heavy atom. The predicted molar refractivity (Wildman–Crippen MR) is 150 cm³/mol. The van der Waals surface area contributed by atoms with E-state index < -0.39 is 23.1 Å². The molecule has 1 aromatic carbocycles. The number of allylic oxidation sites excluding steroid dienone is 1. The summed E-state index contributed by atoms with van der Waals surface area (Å²) in [5.41, 5.74) is 2.19. The van der Waals surface area contributed by atoms with Gasteiger partial charge in [0.15, 0.2) is 0 Å². The van der Waals surface area contributed by atoms with Gasteiger partial charge in [0, 0.05) is 18.0 Å². The van der Waals surface area contributed by atoms with Gasteiger partial charge in [-0.05, 0) is 83.2 Å². The molecule has 1 saturated carbocycles. The van der Waals surface area contributed by atoms with E-state index >= 15 is 0 Å². The van der Waals surface area contributed by atoms with E-state index in [1.165, 1.54) is 4.90 Å². The number of anilines is 2. The fourth-order valence-corrected chi connectivity index (χ4v) is 5.51. The standard InChI is InChI=1S/C30H36N4O4/c1-7-14-32-26-20(3)31-15-11-22(26)33-23-16-19(2)25-21(17-24(23)35)18-30(12-9-8-10-13-30)34(27(25)36)28(37)38-29(4,5)6/h7,11,14-17H,1,8-10,12-13,18H2,2-6H3,(H,31,33,35). The summed E-state index contributed by atoms with van der Waals surface area (Å²) >= 11 is 0. The number of aromatic nitrogens is 1. The molecule has 0 bridgehead atoms. The minimum atomic E-state index is -0.738. The molecule has 1 fully saturated rings. The highest BCUT2D eigenvalue weighted by molar-refractivity contribution is 6.07. The Bertz CT molecular complexity index is 1370. The first-order chi connectivity index (χ1) is 18.0. The lowest BCUT2D eigenvalue weighted by molar-refractivity contribution is -0.0101. The second-order valence-corrected chi connectivity index (χ2v) is 11.2. The fraction of sp³-hybridized carbons (Fsp3) is 0.433. The van der Waals surface area contributed by atoms with Crippen LogP contribution in [0, 0.1) is 13.8 Å². The Hall–Kier alpha value is -3.81. The summed E-state index contributed by atoms with van der Waals surface area (Å²) in [7, 11) is 0. The number of hydrogen-bond donors (Lipinski definition) is 1. The van der Waals surface area contributed by atoms with Gasteiger partial charge in [-0.15, -0.1) is 0 Å². The molecule has 0 radical (unpaired) electrons. The van der Waals surface area contributed by atoms with Crippen molar-refractivity contribution in [3.05, 3.63) is 69.7 Å². The Morgan fingerprint density at radius 3 is 2.53 bits per heavy atom. The van der Waals surface area contributed by atoms with Gasteiger partial charge in [0.05, 0.1) is 22.6 Å². The van der Waals surface area contributed by atoms with E-state index in [9.17, 15) is 14.4 Å². The minimum absolute atomic E-state index is 0.244. The lowest BCUT2D eigenvalue weighted by Crippen LogP contribution is -2.60. The number of pyridine rings is 1. The van der Waals surface area contributed by atoms with E-state index in [4.69, 9.17) is 4.74 Å². The number of amides is 2. The number of hydrogen-bond acceptors (Lipinski definition) is 7. The molecule has 4 rings (SSSR count). The van der Waals surface area contributed by atoms with Gasteiger partial charge in [-0.1, -0.05) is 31.9 Å². The summed E-state index contributed by atoms with van der Waals surface area (Å²) in [5, 5.41) is 3.21. The molecule has 2 aromatic rings. The van der Waals surface area contributed by atoms with Crippen LogP contribution in [0.25, 0.3) is 0 Å². The Labute approximate surface area is 223 Å². The van der Waals surface area contributed by atoms with Crippen LogP contribution in [0.2, 0.25) is 0 Å². The number of carbonyl (C=O) groups is 2. The number of carbonyl (C=O) groups excluding carboxylic acids is 2. The summed E-state index contributed by atoms with van der Waals surface area (Å²) < 4.78 is 5.70. The van der Waals surface area contributed by atoms with Crippen molar-refractivity contribution in [3.8, 4) is 0 Å². The summed E-state index contributed by atoms with van der Waals surface area (Å²) in [5.74, 6) is -0.405. The molecule has 1 aromatic heterocycles. The summed E-state index contributed by atoms with van der Waals surface area (Å²) in [6.45, 7) is 12.7. The summed E-state index contributed by atoms with van der Waals surface area (Å²) in [6, 6.07) is 4.96. The molecule has 2 heterocycles. The highest BCUT2D eigenvalue weighted by atomic mass is 16.6. The molecule has 38 heavy (non-hydrogen) atoms. The van der Waals surface area contributed by atoms with Gasteiger partial charge in [-0.25, -0.2) is 9.69 Å². The molecular formula is C30H36N4O4. The van der Waals surface area contributed by atoms with Crippen LogP contribution in [0.4, 0.5) is 21.9 Å². The second-order valence-electron chi connectivity index (χ2n) is 11.2. The molecule has 1 spiro atoms. The average molecular weight is 517 g/mol. The van der Waals surface area contributed by atoms with Crippen LogP contribution >= 0.6 is 0 Å². The lowest BCUT2D eigenvalue weighted by Gasteiger charge is -2.48. The van der Waals surface area contributed by atoms with Crippen LogP contribution in [0.3, 0.4) is 0 Å². The molecule has 200 valence electrons. The maximum Gasteiger partial charge on any atom is 0.417 e. The number of fused-ring (bicyclic) bond motifs is 1. The maximum atomic E-state index is 14.0. The Morgan fingerprint density at radius 1 is 1.16 bits per heavy atom. The zero-order valence-electron chi connectivity index (χ0n) is 22.9. The van der Waals surface area contributed by atoms with Crippen LogP contribution in [-0.4, -0.2) is 39.2 Å². The van der Waals surface area contributed by atoms with Crippen molar-refractivity contribution in [1.82, 2.24) is 9.88 Å². The van der Waals surface area contributed by atoms with Gasteiger partial charge in [0.25, 0.3) is 5.91 Å². The van der Waals surface area contributed by atoms with Gasteiger partial charge in [0.2, 0.25) is 5.43 Å². The van der Waals surface area contributed by atoms with Crippen LogP contribution in [0.1, 0.15) is 80.1 Å². The first-order valence-corrected chi connectivity index (χ1v) is 13.1. The number of aliphatic imine (C=N–C) groups is 1. The van der Waals surface area contributed by atoms with Crippen molar-refractivity contribution in [2.24, 2.45) is 4.99 Å². The highest BCUT2D eigenvalue weighted by Gasteiger charge is 2.50. The van der Waals surface area contributed by atoms with E-state index in [2.05, 4.69) is 21.9 Å². The van der Waals surface area contributed by atoms with Crippen LogP contribution in [0.15, 0.2) is 46.8 Å². The molecule has 1 aliphatic carbocycles. The van der Waals surface area contributed by atoms with Gasteiger partial charge < -0.3 is 10.1 Å². The van der Waals surface area contributed by atoms with Crippen LogP contribution < -0.4 is 10.7 Å². The zero-order chi connectivity index (χ0) is 27.7. The Kier molecular flexibility index (Phi) is 7.54. The quantitative estimate of drug-likeness (QED) is 0.477. The molecule has 8 nitrogen and oxygen atoms in total. The molecule has 0 atom stereocenters. The smallest absolute Gasteiger partial charge is 0.417 e. The summed E-state index contributed by atoms with van der Waals surface area (Å²) in [6.07, 6.45) is 8.83. The van der Waals surface area contributed by atoms with Crippen molar-refractivity contribution >= 4 is 35.3 Å². The zero-order valence-corrected chi connectivity index (χ0v) is 22.9. The van der Waals surface area contributed by atoms with Crippen LogP contribution in [0.5, 0.6) is 0 Å². The topological polar surface area (TPSA) is 101 Å². The van der Waals surface area contributed by atoms with Crippen molar-refractivity contribution in [2.75, 3.05) is 5.32 Å². The molecule has 0 unspecified atom stereocenters. The number of rotatable bonds is 4. The number of aryl methyl sites for hydroxylation is 2. The third-order valence-electron chi connectivity index (χ3n) is 7.10. The number of imide groups is 1. The van der Waals surface area contributed by atoms with E-state index in [1.807, 2.05) is 6.92 Å². The average Bonchev–Trinajstić information content (AvgIpc) is 2.93. The van der Waals surface area contributed by atoms with Crippen molar-refractivity contribution in [1.29, 1.82) is 0 Å². The molecule has 2 aliphatic rings. The van der Waals surface area contributed by atoms with Crippen molar-refractivity contribution in [3.63, 3.8) is 0 Å². The lowest BCUT2D eigenvalue weighted by atomic mass is 9.73. The number of nitrogens with zero attached hydrogens (tertiary/aromatic N) is 3. The third kappa shape index (κ3) is 5.39. The van der Waals surface area contributed by atoms with Crippen molar-refractivity contribution < 1.29 is 14.3 Å². The normalized spacial score (nSPS) is 16.9. The fourth-order valence-electron chi connectivity index (χ4n) is 5.51. The summed E-state index contributed by atoms with van der Waals surface area (Å²) in [4.78, 5) is 51.0. The Balaban J connectivity index is 1.83. The second kappa shape index (κ2) is 10.5. The predicted octanol–water partition coefficient (Wildman–Crippen LogP) is 6.33. The van der Waals surface area contributed by atoms with E-state index in [1.54, 1.807) is 64.4 Å². The molecule has 8 heteroatoms. The highest BCUT2D eigenvalue weighted by Crippen LogP contribution is 2.42. The van der Waals surface area contributed by atoms with Gasteiger partial charge >= 0.3 is 6.09 Å². The molecule has 2 amide bonds. The van der Waals surface area contributed by atoms with E-state index in [0.717, 1.165) is 19.3 Å². The minimum Gasteiger partial charge on any atom is -0.443 e. The van der Waals surface area contributed by atoms with Gasteiger partial charge in [0.1, 0.15) is 11.3 Å².